The molecule has 5 aromatic rings. The molecular formula is C33H27N3O2. The summed E-state index contributed by atoms with van der Waals surface area (Å²) < 4.78 is 12.0. The topological polar surface area (TPSA) is 56.1 Å². The zero-order valence-electron chi connectivity index (χ0n) is 21.0. The molecule has 0 unspecified atom stereocenters. The molecule has 2 atom stereocenters. The van der Waals surface area contributed by atoms with E-state index < -0.39 is 0 Å². The normalized spacial score (nSPS) is 19.4. The highest BCUT2D eigenvalue weighted by molar-refractivity contribution is 5.97. The van der Waals surface area contributed by atoms with Crippen molar-refractivity contribution in [2.24, 2.45) is 9.98 Å². The van der Waals surface area contributed by atoms with Gasteiger partial charge in [-0.2, -0.15) is 0 Å². The molecule has 0 N–H and O–H groups in total. The summed E-state index contributed by atoms with van der Waals surface area (Å²) in [4.78, 5) is 14.9. The Kier molecular flexibility index (Phi) is 5.82. The molecule has 0 spiro atoms. The molecule has 38 heavy (non-hydrogen) atoms. The summed E-state index contributed by atoms with van der Waals surface area (Å²) in [6.45, 7) is 1.19. The maximum Gasteiger partial charge on any atom is 0.235 e. The molecule has 0 amide bonds. The summed E-state index contributed by atoms with van der Waals surface area (Å²) in [7, 11) is 0. The summed E-state index contributed by atoms with van der Waals surface area (Å²) in [5.74, 6) is 1.14. The second-order valence-electron chi connectivity index (χ2n) is 9.72. The predicted octanol–water partition coefficient (Wildman–Crippen LogP) is 7.20. The van der Waals surface area contributed by atoms with Gasteiger partial charge in [0.2, 0.25) is 11.8 Å². The van der Waals surface area contributed by atoms with Crippen LogP contribution >= 0.6 is 0 Å². The van der Waals surface area contributed by atoms with Crippen molar-refractivity contribution in [3.8, 4) is 0 Å². The minimum absolute atomic E-state index is 0.0225. The quantitative estimate of drug-likeness (QED) is 0.264. The van der Waals surface area contributed by atoms with E-state index in [-0.39, 0.29) is 12.1 Å². The van der Waals surface area contributed by atoms with Crippen LogP contribution in [0.25, 0.3) is 21.5 Å². The van der Waals surface area contributed by atoms with E-state index in [0.717, 1.165) is 12.8 Å². The molecule has 3 heterocycles. The van der Waals surface area contributed by atoms with Gasteiger partial charge in [-0.1, -0.05) is 91.0 Å². The summed E-state index contributed by atoms with van der Waals surface area (Å²) >= 11 is 0. The lowest BCUT2D eigenvalue weighted by Crippen LogP contribution is -2.22. The van der Waals surface area contributed by atoms with Crippen molar-refractivity contribution in [2.45, 2.75) is 24.9 Å². The Morgan fingerprint density at radius 1 is 0.500 bits per heavy atom. The van der Waals surface area contributed by atoms with E-state index in [9.17, 15) is 0 Å². The van der Waals surface area contributed by atoms with Crippen LogP contribution in [0.1, 0.15) is 47.4 Å². The molecule has 1 aromatic heterocycles. The van der Waals surface area contributed by atoms with Crippen molar-refractivity contribution >= 4 is 33.3 Å². The van der Waals surface area contributed by atoms with Gasteiger partial charge >= 0.3 is 0 Å². The standard InChI is InChI=1S/C33H27N3O2/c1-3-12-24-22(8-1)10-5-14-26(24)28-18-20-37-32(35-28)30-16-7-17-31(34-30)33-36-29(19-21-38-33)27-15-6-11-23-9-2-4-13-25(23)27/h1-17,28-29H,18-21H2/t28-,29-/m1/s1. The third-order valence-electron chi connectivity index (χ3n) is 7.36. The van der Waals surface area contributed by atoms with Crippen LogP contribution in [0.4, 0.5) is 0 Å². The summed E-state index contributed by atoms with van der Waals surface area (Å²) in [5.41, 5.74) is 3.84. The smallest absolute Gasteiger partial charge is 0.235 e. The van der Waals surface area contributed by atoms with Crippen LogP contribution in [0, 0.1) is 0 Å². The fraction of sp³-hybridized carbons (Fsp3) is 0.182. The summed E-state index contributed by atoms with van der Waals surface area (Å²) in [6, 6.07) is 35.7. The third-order valence-corrected chi connectivity index (χ3v) is 7.36. The van der Waals surface area contributed by atoms with Gasteiger partial charge in [-0.15, -0.1) is 0 Å². The molecule has 186 valence electrons. The molecule has 0 radical (unpaired) electrons. The van der Waals surface area contributed by atoms with Gasteiger partial charge in [0.15, 0.2) is 0 Å². The van der Waals surface area contributed by atoms with Crippen LogP contribution in [-0.2, 0) is 9.47 Å². The molecule has 5 heteroatoms. The molecule has 0 fully saturated rings. The summed E-state index contributed by atoms with van der Waals surface area (Å²) in [5, 5.41) is 4.91. The number of benzene rings is 4. The van der Waals surface area contributed by atoms with Crippen molar-refractivity contribution in [3.63, 3.8) is 0 Å². The number of rotatable bonds is 4. The average molecular weight is 498 g/mol. The zero-order chi connectivity index (χ0) is 25.3. The van der Waals surface area contributed by atoms with Gasteiger partial charge in [-0.3, -0.25) is 0 Å². The Morgan fingerprint density at radius 2 is 0.947 bits per heavy atom. The Balaban J connectivity index is 1.22. The van der Waals surface area contributed by atoms with E-state index in [0.29, 0.717) is 36.4 Å². The Hall–Kier alpha value is -4.51. The van der Waals surface area contributed by atoms with E-state index in [1.54, 1.807) is 0 Å². The van der Waals surface area contributed by atoms with Gasteiger partial charge < -0.3 is 9.47 Å². The van der Waals surface area contributed by atoms with Gasteiger partial charge in [0.25, 0.3) is 0 Å². The predicted molar refractivity (Wildman–Crippen MR) is 152 cm³/mol. The average Bonchev–Trinajstić information content (AvgIpc) is 3.01. The molecule has 0 aliphatic carbocycles. The number of pyridine rings is 1. The molecule has 5 nitrogen and oxygen atoms in total. The zero-order valence-corrected chi connectivity index (χ0v) is 21.0. The van der Waals surface area contributed by atoms with Crippen LogP contribution in [-0.4, -0.2) is 30.0 Å². The van der Waals surface area contributed by atoms with Crippen molar-refractivity contribution in [1.29, 1.82) is 0 Å². The lowest BCUT2D eigenvalue weighted by Gasteiger charge is -2.24. The van der Waals surface area contributed by atoms with Crippen molar-refractivity contribution in [1.82, 2.24) is 4.98 Å². The van der Waals surface area contributed by atoms with Crippen LogP contribution in [0.15, 0.2) is 113 Å². The SMILES string of the molecule is c1cc(C2=N[C@@H](c3cccc4ccccc34)CCO2)nc(C2=N[C@@H](c3cccc4ccccc34)CCO2)c1. The van der Waals surface area contributed by atoms with Gasteiger partial charge in [-0.05, 0) is 44.8 Å². The number of hydrogen-bond donors (Lipinski definition) is 0. The third kappa shape index (κ3) is 4.20. The first-order chi connectivity index (χ1) is 18.8. The fourth-order valence-electron chi connectivity index (χ4n) is 5.51. The molecule has 0 saturated carbocycles. The van der Waals surface area contributed by atoms with Crippen molar-refractivity contribution in [2.75, 3.05) is 13.2 Å². The highest BCUT2D eigenvalue weighted by Gasteiger charge is 2.24. The highest BCUT2D eigenvalue weighted by Crippen LogP contribution is 2.33. The van der Waals surface area contributed by atoms with Crippen LogP contribution in [0.3, 0.4) is 0 Å². The molecule has 4 aromatic carbocycles. The summed E-state index contributed by atoms with van der Waals surface area (Å²) in [6.07, 6.45) is 1.67. The van der Waals surface area contributed by atoms with E-state index in [1.165, 1.54) is 32.7 Å². The van der Waals surface area contributed by atoms with Gasteiger partial charge in [0, 0.05) is 12.8 Å². The number of aromatic nitrogens is 1. The van der Waals surface area contributed by atoms with E-state index in [2.05, 4.69) is 84.9 Å². The Bertz CT molecular complexity index is 1570. The van der Waals surface area contributed by atoms with Crippen molar-refractivity contribution < 1.29 is 9.47 Å². The Labute approximate surface area is 221 Å². The molecule has 2 aliphatic heterocycles. The second kappa shape index (κ2) is 9.75. The number of nitrogens with zero attached hydrogens (tertiary/aromatic N) is 3. The first-order valence-electron chi connectivity index (χ1n) is 13.2. The largest absolute Gasteiger partial charge is 0.476 e. The van der Waals surface area contributed by atoms with Crippen molar-refractivity contribution in [3.05, 3.63) is 126 Å². The molecule has 0 saturated heterocycles. The van der Waals surface area contributed by atoms with E-state index in [4.69, 9.17) is 24.4 Å². The first-order valence-corrected chi connectivity index (χ1v) is 13.2. The van der Waals surface area contributed by atoms with Crippen LogP contribution in [0.5, 0.6) is 0 Å². The van der Waals surface area contributed by atoms with E-state index in [1.807, 2.05) is 18.2 Å². The molecule has 7 rings (SSSR count). The minimum atomic E-state index is 0.0225. The maximum absolute atomic E-state index is 6.02. The first kappa shape index (κ1) is 22.7. The van der Waals surface area contributed by atoms with Gasteiger partial charge in [0.1, 0.15) is 11.4 Å². The highest BCUT2D eigenvalue weighted by atomic mass is 16.5. The minimum Gasteiger partial charge on any atom is -0.476 e. The van der Waals surface area contributed by atoms with Crippen LogP contribution < -0.4 is 0 Å². The van der Waals surface area contributed by atoms with E-state index >= 15 is 0 Å². The maximum atomic E-state index is 6.02. The molecule has 0 bridgehead atoms. The number of ether oxygens (including phenoxy) is 2. The molecule has 2 aliphatic rings. The number of aliphatic imine (C=N–C) groups is 2. The number of fused-ring (bicyclic) bond motifs is 2. The number of hydrogen-bond acceptors (Lipinski definition) is 5. The monoisotopic (exact) mass is 497 g/mol. The van der Waals surface area contributed by atoms with Gasteiger partial charge in [0.05, 0.1) is 25.3 Å². The van der Waals surface area contributed by atoms with Gasteiger partial charge in [-0.25, -0.2) is 15.0 Å². The second-order valence-corrected chi connectivity index (χ2v) is 9.72. The molecular weight excluding hydrogens is 470 g/mol. The lowest BCUT2D eigenvalue weighted by molar-refractivity contribution is 0.259. The van der Waals surface area contributed by atoms with Crippen LogP contribution in [0.2, 0.25) is 0 Å². The lowest BCUT2D eigenvalue weighted by atomic mass is 9.97. The fourth-order valence-corrected chi connectivity index (χ4v) is 5.51. The Morgan fingerprint density at radius 3 is 1.47 bits per heavy atom.